The normalized spacial score (nSPS) is 10.8. The summed E-state index contributed by atoms with van der Waals surface area (Å²) in [6, 6.07) is 1.56. The van der Waals surface area contributed by atoms with E-state index in [1.807, 2.05) is 13.8 Å². The summed E-state index contributed by atoms with van der Waals surface area (Å²) in [5, 5.41) is 3.31. The predicted molar refractivity (Wildman–Crippen MR) is 71.8 cm³/mol. The first-order valence-electron chi connectivity index (χ1n) is 6.55. The number of unbranched alkanes of at least 4 members (excludes halogenated alkanes) is 1. The number of nitrogens with one attached hydrogen (secondary N) is 1. The van der Waals surface area contributed by atoms with Gasteiger partial charge in [0.2, 0.25) is 0 Å². The molecule has 0 fully saturated rings. The molecule has 0 aliphatic rings. The van der Waals surface area contributed by atoms with Gasteiger partial charge < -0.3 is 10.1 Å². The minimum absolute atomic E-state index is 0.0145. The molecule has 0 amide bonds. The van der Waals surface area contributed by atoms with Gasteiger partial charge >= 0.3 is 0 Å². The number of hydrogen-bond acceptors (Lipinski definition) is 4. The molecular formula is C13H23N3O2. The zero-order valence-corrected chi connectivity index (χ0v) is 11.3. The van der Waals surface area contributed by atoms with Crippen molar-refractivity contribution in [3.05, 3.63) is 28.4 Å². The van der Waals surface area contributed by atoms with Gasteiger partial charge in [-0.1, -0.05) is 0 Å². The highest BCUT2D eigenvalue weighted by Gasteiger charge is 1.96. The van der Waals surface area contributed by atoms with Crippen LogP contribution in [0.1, 0.15) is 25.5 Å². The Balaban J connectivity index is 2.09. The van der Waals surface area contributed by atoms with E-state index in [1.165, 1.54) is 0 Å². The van der Waals surface area contributed by atoms with Crippen LogP contribution in [0, 0.1) is 6.92 Å². The van der Waals surface area contributed by atoms with Gasteiger partial charge in [-0.25, -0.2) is 4.98 Å². The Morgan fingerprint density at radius 3 is 2.94 bits per heavy atom. The van der Waals surface area contributed by atoms with Gasteiger partial charge in [0.15, 0.2) is 0 Å². The molecule has 1 N–H and O–H groups in total. The fraction of sp³-hybridized carbons (Fsp3) is 0.692. The zero-order valence-electron chi connectivity index (χ0n) is 11.3. The quantitative estimate of drug-likeness (QED) is 0.666. The Morgan fingerprint density at radius 2 is 2.22 bits per heavy atom. The Labute approximate surface area is 108 Å². The van der Waals surface area contributed by atoms with Gasteiger partial charge in [-0.05, 0) is 33.2 Å². The minimum atomic E-state index is 0.0145. The van der Waals surface area contributed by atoms with E-state index in [1.54, 1.807) is 17.0 Å². The molecule has 18 heavy (non-hydrogen) atoms. The molecule has 1 rings (SSSR count). The maximum atomic E-state index is 11.6. The van der Waals surface area contributed by atoms with Gasteiger partial charge in [-0.2, -0.15) is 0 Å². The molecule has 0 aliphatic carbocycles. The molecular weight excluding hydrogens is 230 g/mol. The predicted octanol–water partition coefficient (Wildman–Crippen LogP) is 0.958. The van der Waals surface area contributed by atoms with E-state index in [0.717, 1.165) is 44.8 Å². The second kappa shape index (κ2) is 8.83. The molecule has 0 spiro atoms. The van der Waals surface area contributed by atoms with Gasteiger partial charge in [0.1, 0.15) is 0 Å². The molecule has 0 unspecified atom stereocenters. The molecule has 1 heterocycles. The summed E-state index contributed by atoms with van der Waals surface area (Å²) in [5.41, 5.74) is 0.778. The number of aromatic nitrogens is 2. The second-order valence-corrected chi connectivity index (χ2v) is 4.22. The van der Waals surface area contributed by atoms with Crippen molar-refractivity contribution in [3.63, 3.8) is 0 Å². The number of aryl methyl sites for hydroxylation is 1. The van der Waals surface area contributed by atoms with Gasteiger partial charge in [0.25, 0.3) is 5.56 Å². The van der Waals surface area contributed by atoms with E-state index < -0.39 is 0 Å². The molecule has 0 atom stereocenters. The van der Waals surface area contributed by atoms with Crippen molar-refractivity contribution < 1.29 is 4.74 Å². The van der Waals surface area contributed by atoms with Crippen LogP contribution in [-0.4, -0.2) is 35.9 Å². The molecule has 0 saturated carbocycles. The Bertz CT molecular complexity index is 390. The maximum absolute atomic E-state index is 11.6. The van der Waals surface area contributed by atoms with Crippen molar-refractivity contribution in [2.75, 3.05) is 26.3 Å². The maximum Gasteiger partial charge on any atom is 0.253 e. The fourth-order valence-electron chi connectivity index (χ4n) is 1.61. The fourth-order valence-corrected chi connectivity index (χ4v) is 1.61. The monoisotopic (exact) mass is 253 g/mol. The Hall–Kier alpha value is -1.20. The summed E-state index contributed by atoms with van der Waals surface area (Å²) in [5.74, 6) is 0. The van der Waals surface area contributed by atoms with Crippen molar-refractivity contribution in [3.8, 4) is 0 Å². The molecule has 5 heteroatoms. The van der Waals surface area contributed by atoms with Crippen LogP contribution < -0.4 is 10.9 Å². The highest BCUT2D eigenvalue weighted by atomic mass is 16.5. The number of nitrogens with zero attached hydrogens (tertiary/aromatic N) is 2. The van der Waals surface area contributed by atoms with Crippen molar-refractivity contribution in [1.82, 2.24) is 14.9 Å². The van der Waals surface area contributed by atoms with Crippen LogP contribution in [0.25, 0.3) is 0 Å². The molecule has 0 bridgehead atoms. The van der Waals surface area contributed by atoms with Gasteiger partial charge in [0, 0.05) is 38.1 Å². The average Bonchev–Trinajstić information content (AvgIpc) is 2.35. The summed E-state index contributed by atoms with van der Waals surface area (Å²) in [6.45, 7) is 7.86. The smallest absolute Gasteiger partial charge is 0.253 e. The molecule has 102 valence electrons. The first-order valence-corrected chi connectivity index (χ1v) is 6.55. The lowest BCUT2D eigenvalue weighted by Crippen LogP contribution is -2.27. The first-order chi connectivity index (χ1) is 8.74. The van der Waals surface area contributed by atoms with Crippen LogP contribution in [0.15, 0.2) is 17.2 Å². The Morgan fingerprint density at radius 1 is 1.39 bits per heavy atom. The Kier molecular flexibility index (Phi) is 7.29. The second-order valence-electron chi connectivity index (χ2n) is 4.22. The lowest BCUT2D eigenvalue weighted by molar-refractivity contribution is 0.143. The van der Waals surface area contributed by atoms with E-state index >= 15 is 0 Å². The van der Waals surface area contributed by atoms with Crippen molar-refractivity contribution in [2.24, 2.45) is 0 Å². The van der Waals surface area contributed by atoms with E-state index in [0.29, 0.717) is 6.54 Å². The van der Waals surface area contributed by atoms with Crippen LogP contribution in [0.5, 0.6) is 0 Å². The van der Waals surface area contributed by atoms with Gasteiger partial charge in [-0.15, -0.1) is 0 Å². The van der Waals surface area contributed by atoms with E-state index in [9.17, 15) is 4.79 Å². The lowest BCUT2D eigenvalue weighted by atomic mass is 10.3. The van der Waals surface area contributed by atoms with Crippen molar-refractivity contribution in [1.29, 1.82) is 0 Å². The van der Waals surface area contributed by atoms with Crippen LogP contribution in [-0.2, 0) is 11.3 Å². The van der Waals surface area contributed by atoms with Crippen molar-refractivity contribution in [2.45, 2.75) is 33.2 Å². The highest BCUT2D eigenvalue weighted by molar-refractivity contribution is 4.95. The van der Waals surface area contributed by atoms with Gasteiger partial charge in [-0.3, -0.25) is 9.36 Å². The van der Waals surface area contributed by atoms with Crippen LogP contribution in [0.4, 0.5) is 0 Å². The zero-order chi connectivity index (χ0) is 13.2. The number of ether oxygens (including phenoxy) is 1. The molecule has 0 saturated heterocycles. The van der Waals surface area contributed by atoms with Gasteiger partial charge in [0.05, 0.1) is 6.33 Å². The molecule has 0 radical (unpaired) electrons. The van der Waals surface area contributed by atoms with E-state index in [2.05, 4.69) is 10.3 Å². The SMILES string of the molecule is CCOCCCCNCCn1cnc(C)cc1=O. The third-order valence-corrected chi connectivity index (χ3v) is 2.64. The molecule has 5 nitrogen and oxygen atoms in total. The summed E-state index contributed by atoms with van der Waals surface area (Å²) in [7, 11) is 0. The minimum Gasteiger partial charge on any atom is -0.382 e. The summed E-state index contributed by atoms with van der Waals surface area (Å²) < 4.78 is 6.88. The largest absolute Gasteiger partial charge is 0.382 e. The summed E-state index contributed by atoms with van der Waals surface area (Å²) in [4.78, 5) is 15.7. The first kappa shape index (κ1) is 14.9. The molecule has 0 aromatic carbocycles. The number of rotatable bonds is 9. The summed E-state index contributed by atoms with van der Waals surface area (Å²) in [6.07, 6.45) is 3.78. The highest BCUT2D eigenvalue weighted by Crippen LogP contribution is 1.88. The van der Waals surface area contributed by atoms with Crippen LogP contribution in [0.3, 0.4) is 0 Å². The number of hydrogen-bond donors (Lipinski definition) is 1. The summed E-state index contributed by atoms with van der Waals surface area (Å²) >= 11 is 0. The topological polar surface area (TPSA) is 56.1 Å². The third-order valence-electron chi connectivity index (χ3n) is 2.64. The average molecular weight is 253 g/mol. The molecule has 0 aliphatic heterocycles. The lowest BCUT2D eigenvalue weighted by Gasteiger charge is -2.07. The van der Waals surface area contributed by atoms with Crippen LogP contribution in [0.2, 0.25) is 0 Å². The van der Waals surface area contributed by atoms with Crippen LogP contribution >= 0.6 is 0 Å². The van der Waals surface area contributed by atoms with E-state index in [-0.39, 0.29) is 5.56 Å². The third kappa shape index (κ3) is 5.93. The standard InChI is InChI=1S/C13H23N3O2/c1-3-18-9-5-4-6-14-7-8-16-11-15-12(2)10-13(16)17/h10-11,14H,3-9H2,1-2H3. The molecule has 1 aromatic rings. The molecule has 1 aromatic heterocycles. The van der Waals surface area contributed by atoms with E-state index in [4.69, 9.17) is 4.74 Å². The van der Waals surface area contributed by atoms with Crippen molar-refractivity contribution >= 4 is 0 Å².